The highest BCUT2D eigenvalue weighted by atomic mass is 16.7. The van der Waals surface area contributed by atoms with Gasteiger partial charge in [-0.1, -0.05) is 0 Å². The maximum atomic E-state index is 12.0. The van der Waals surface area contributed by atoms with Crippen LogP contribution in [-0.4, -0.2) is 41.8 Å². The van der Waals surface area contributed by atoms with E-state index in [1.165, 1.54) is 0 Å². The Morgan fingerprint density at radius 1 is 1.23 bits per heavy atom. The summed E-state index contributed by atoms with van der Waals surface area (Å²) in [6, 6.07) is 0. The number of carbonyl (C=O) groups excluding carboxylic acids is 1. The SMILES string of the molecule is CC(C)=NCC[C@@H]1C[C@H](CC(=O)OC(C)(C)C)OC(C)(C)O1. The summed E-state index contributed by atoms with van der Waals surface area (Å²) in [5, 5.41) is 0. The normalized spacial score (nSPS) is 24.7. The summed E-state index contributed by atoms with van der Waals surface area (Å²) in [7, 11) is 0. The molecule has 1 saturated heterocycles. The van der Waals surface area contributed by atoms with Crippen molar-refractivity contribution in [3.05, 3.63) is 0 Å². The van der Waals surface area contributed by atoms with Crippen molar-refractivity contribution in [1.82, 2.24) is 0 Å². The molecule has 0 aromatic carbocycles. The fourth-order valence-electron chi connectivity index (χ4n) is 2.52. The average Bonchev–Trinajstić information content (AvgIpc) is 2.22. The van der Waals surface area contributed by atoms with Crippen LogP contribution < -0.4 is 0 Å². The molecule has 0 aromatic rings. The zero-order chi connectivity index (χ0) is 17.0. The van der Waals surface area contributed by atoms with Gasteiger partial charge in [-0.05, 0) is 54.9 Å². The molecule has 1 aliphatic heterocycles. The van der Waals surface area contributed by atoms with Crippen LogP contribution >= 0.6 is 0 Å². The lowest BCUT2D eigenvalue weighted by Gasteiger charge is -2.40. The second-order valence-corrected chi connectivity index (χ2v) is 7.52. The van der Waals surface area contributed by atoms with E-state index in [4.69, 9.17) is 14.2 Å². The van der Waals surface area contributed by atoms with Crippen LogP contribution in [0.5, 0.6) is 0 Å². The third-order valence-corrected chi connectivity index (χ3v) is 3.12. The van der Waals surface area contributed by atoms with Crippen LogP contribution in [0.4, 0.5) is 0 Å². The minimum Gasteiger partial charge on any atom is -0.460 e. The van der Waals surface area contributed by atoms with E-state index < -0.39 is 11.4 Å². The summed E-state index contributed by atoms with van der Waals surface area (Å²) in [5.74, 6) is -0.906. The van der Waals surface area contributed by atoms with Gasteiger partial charge in [-0.3, -0.25) is 9.79 Å². The Morgan fingerprint density at radius 2 is 1.82 bits per heavy atom. The Kier molecular flexibility index (Phi) is 6.56. The van der Waals surface area contributed by atoms with Crippen molar-refractivity contribution < 1.29 is 19.0 Å². The molecule has 0 aromatic heterocycles. The van der Waals surface area contributed by atoms with Gasteiger partial charge in [-0.15, -0.1) is 0 Å². The smallest absolute Gasteiger partial charge is 0.308 e. The molecule has 1 heterocycles. The zero-order valence-corrected chi connectivity index (χ0v) is 15.1. The molecule has 0 saturated carbocycles. The lowest BCUT2D eigenvalue weighted by molar-refractivity contribution is -0.300. The minimum atomic E-state index is -0.680. The highest BCUT2D eigenvalue weighted by molar-refractivity contribution is 5.79. The topological polar surface area (TPSA) is 57.1 Å². The van der Waals surface area contributed by atoms with E-state index in [9.17, 15) is 4.79 Å². The Bertz CT molecular complexity index is 405. The summed E-state index contributed by atoms with van der Waals surface area (Å²) in [5.41, 5.74) is 0.599. The molecule has 128 valence electrons. The number of nitrogens with zero attached hydrogens (tertiary/aromatic N) is 1. The van der Waals surface area contributed by atoms with Crippen molar-refractivity contribution in [2.24, 2.45) is 4.99 Å². The van der Waals surface area contributed by atoms with E-state index in [-0.39, 0.29) is 24.6 Å². The molecule has 2 atom stereocenters. The maximum Gasteiger partial charge on any atom is 0.308 e. The number of hydrogen-bond acceptors (Lipinski definition) is 5. The van der Waals surface area contributed by atoms with E-state index in [0.29, 0.717) is 6.42 Å². The number of carbonyl (C=O) groups is 1. The second kappa shape index (κ2) is 7.55. The third kappa shape index (κ3) is 7.90. The lowest BCUT2D eigenvalue weighted by atomic mass is 10.0. The van der Waals surface area contributed by atoms with E-state index in [1.807, 2.05) is 48.5 Å². The number of rotatable bonds is 5. The van der Waals surface area contributed by atoms with Crippen LogP contribution in [0.1, 0.15) is 67.7 Å². The molecule has 0 spiro atoms. The summed E-state index contributed by atoms with van der Waals surface area (Å²) in [6.07, 6.45) is 1.68. The predicted octanol–water partition coefficient (Wildman–Crippen LogP) is 3.50. The maximum absolute atomic E-state index is 12.0. The Morgan fingerprint density at radius 3 is 2.36 bits per heavy atom. The van der Waals surface area contributed by atoms with Crippen molar-refractivity contribution >= 4 is 11.7 Å². The molecular formula is C17H31NO4. The minimum absolute atomic E-state index is 0.0549. The highest BCUT2D eigenvalue weighted by Crippen LogP contribution is 2.30. The van der Waals surface area contributed by atoms with E-state index in [2.05, 4.69) is 4.99 Å². The average molecular weight is 313 g/mol. The third-order valence-electron chi connectivity index (χ3n) is 3.12. The van der Waals surface area contributed by atoms with Gasteiger partial charge < -0.3 is 14.2 Å². The number of ether oxygens (including phenoxy) is 3. The van der Waals surface area contributed by atoms with Gasteiger partial charge in [-0.2, -0.15) is 0 Å². The molecule has 5 heteroatoms. The van der Waals surface area contributed by atoms with Gasteiger partial charge in [0.25, 0.3) is 0 Å². The molecule has 22 heavy (non-hydrogen) atoms. The van der Waals surface area contributed by atoms with Crippen molar-refractivity contribution in [3.63, 3.8) is 0 Å². The van der Waals surface area contributed by atoms with E-state index >= 15 is 0 Å². The van der Waals surface area contributed by atoms with Crippen LogP contribution in [0.25, 0.3) is 0 Å². The van der Waals surface area contributed by atoms with Gasteiger partial charge in [-0.25, -0.2) is 0 Å². The molecule has 0 bridgehead atoms. The van der Waals surface area contributed by atoms with E-state index in [0.717, 1.165) is 18.7 Å². The first kappa shape index (κ1) is 19.1. The summed E-state index contributed by atoms with van der Waals surface area (Å²) >= 11 is 0. The van der Waals surface area contributed by atoms with Crippen molar-refractivity contribution in [2.45, 2.75) is 91.3 Å². The fraction of sp³-hybridized carbons (Fsp3) is 0.882. The Labute approximate surface area is 134 Å². The largest absolute Gasteiger partial charge is 0.460 e. The molecule has 1 rings (SSSR count). The van der Waals surface area contributed by atoms with Crippen molar-refractivity contribution in [1.29, 1.82) is 0 Å². The second-order valence-electron chi connectivity index (χ2n) is 7.52. The van der Waals surface area contributed by atoms with Crippen LogP contribution in [0.15, 0.2) is 4.99 Å². The molecule has 0 aliphatic carbocycles. The van der Waals surface area contributed by atoms with Gasteiger partial charge in [0.05, 0.1) is 18.6 Å². The van der Waals surface area contributed by atoms with Crippen LogP contribution in [0.3, 0.4) is 0 Å². The molecule has 0 N–H and O–H groups in total. The monoisotopic (exact) mass is 313 g/mol. The predicted molar refractivity (Wildman–Crippen MR) is 87.2 cm³/mol. The number of esters is 1. The molecule has 1 fully saturated rings. The highest BCUT2D eigenvalue weighted by Gasteiger charge is 2.36. The van der Waals surface area contributed by atoms with Crippen molar-refractivity contribution in [2.75, 3.05) is 6.54 Å². The number of aliphatic imine (C=N–C) groups is 1. The molecule has 0 amide bonds. The van der Waals surface area contributed by atoms with Crippen LogP contribution in [-0.2, 0) is 19.0 Å². The van der Waals surface area contributed by atoms with Gasteiger partial charge in [0.1, 0.15) is 5.60 Å². The van der Waals surface area contributed by atoms with Gasteiger partial charge in [0.15, 0.2) is 5.79 Å². The summed E-state index contributed by atoms with van der Waals surface area (Å²) in [6.45, 7) is 14.1. The van der Waals surface area contributed by atoms with Gasteiger partial charge >= 0.3 is 5.97 Å². The molecular weight excluding hydrogens is 282 g/mol. The molecule has 5 nitrogen and oxygen atoms in total. The van der Waals surface area contributed by atoms with Crippen molar-refractivity contribution in [3.8, 4) is 0 Å². The quantitative estimate of drug-likeness (QED) is 0.576. The fourth-order valence-corrected chi connectivity index (χ4v) is 2.52. The van der Waals surface area contributed by atoms with Crippen LogP contribution in [0.2, 0.25) is 0 Å². The first-order chi connectivity index (χ1) is 9.97. The standard InChI is InChI=1S/C17H31NO4/c1-12(2)18-9-8-13-10-14(21-17(6,7)20-13)11-15(19)22-16(3,4)5/h13-14H,8-11H2,1-7H3/t13-,14-/m1/s1. The Hall–Kier alpha value is -0.940. The lowest BCUT2D eigenvalue weighted by Crippen LogP contribution is -2.45. The summed E-state index contributed by atoms with van der Waals surface area (Å²) in [4.78, 5) is 16.4. The Balaban J connectivity index is 2.56. The molecule has 1 aliphatic rings. The molecule has 0 unspecified atom stereocenters. The number of hydrogen-bond donors (Lipinski definition) is 0. The first-order valence-electron chi connectivity index (χ1n) is 8.02. The summed E-state index contributed by atoms with van der Waals surface area (Å²) < 4.78 is 17.2. The van der Waals surface area contributed by atoms with Gasteiger partial charge in [0.2, 0.25) is 0 Å². The molecule has 0 radical (unpaired) electrons. The van der Waals surface area contributed by atoms with E-state index in [1.54, 1.807) is 0 Å². The first-order valence-corrected chi connectivity index (χ1v) is 8.02. The van der Waals surface area contributed by atoms with Gasteiger partial charge in [0, 0.05) is 18.7 Å². The zero-order valence-electron chi connectivity index (χ0n) is 15.1. The van der Waals surface area contributed by atoms with Crippen LogP contribution in [0, 0.1) is 0 Å².